The van der Waals surface area contributed by atoms with Crippen molar-refractivity contribution in [2.45, 2.75) is 68.2 Å². The molecule has 0 unspecified atom stereocenters. The van der Waals surface area contributed by atoms with Crippen LogP contribution in [-0.2, 0) is 26.2 Å². The summed E-state index contributed by atoms with van der Waals surface area (Å²) in [4.78, 5) is 0. The summed E-state index contributed by atoms with van der Waals surface area (Å²) in [6, 6.07) is 14.1. The Morgan fingerprint density at radius 1 is 0.457 bits per heavy atom. The van der Waals surface area contributed by atoms with Crippen LogP contribution >= 0.6 is 45.2 Å². The molecule has 0 aliphatic heterocycles. The van der Waals surface area contributed by atoms with E-state index in [1.54, 1.807) is 46.6 Å². The van der Waals surface area contributed by atoms with Crippen molar-refractivity contribution in [3.8, 4) is 11.5 Å². The molecule has 2 aromatic rings. The van der Waals surface area contributed by atoms with Gasteiger partial charge in [0.25, 0.3) is 0 Å². The molecule has 0 heterocycles. The molecule has 2 nitrogen and oxygen atoms in total. The Morgan fingerprint density at radius 2 is 0.657 bits per heavy atom. The molecule has 0 amide bonds. The maximum atomic E-state index is 8.75. The minimum absolute atomic E-state index is 0. The van der Waals surface area contributed by atoms with Gasteiger partial charge in [-0.2, -0.15) is 0 Å². The molecule has 188 valence electrons. The predicted molar refractivity (Wildman–Crippen MR) is 164 cm³/mol. The zero-order chi connectivity index (χ0) is 26.0. The molecular formula is C30H38I2O2Zr. The van der Waals surface area contributed by atoms with Gasteiger partial charge in [0.15, 0.2) is 0 Å². The van der Waals surface area contributed by atoms with E-state index in [1.807, 2.05) is 24.3 Å². The van der Waals surface area contributed by atoms with E-state index in [0.717, 1.165) is 7.14 Å². The molecule has 2 N–H and O–H groups in total. The second-order valence-corrected chi connectivity index (χ2v) is 11.4. The first kappa shape index (κ1) is 34.3. The third-order valence-corrected chi connectivity index (χ3v) is 7.84. The van der Waals surface area contributed by atoms with Crippen LogP contribution < -0.4 is 0 Å². The quantitative estimate of drug-likeness (QED) is 0.262. The van der Waals surface area contributed by atoms with E-state index in [9.17, 15) is 0 Å². The van der Waals surface area contributed by atoms with Gasteiger partial charge in [-0.05, 0) is 184 Å². The van der Waals surface area contributed by atoms with Gasteiger partial charge >= 0.3 is 0 Å². The molecule has 0 saturated carbocycles. The van der Waals surface area contributed by atoms with Gasteiger partial charge in [0, 0.05) is 33.3 Å². The van der Waals surface area contributed by atoms with Crippen molar-refractivity contribution in [3.63, 3.8) is 0 Å². The zero-order valence-corrected chi connectivity index (χ0v) is 29.0. The summed E-state index contributed by atoms with van der Waals surface area (Å²) in [5, 5.41) is 17.5. The average molecular weight is 776 g/mol. The first-order valence-electron chi connectivity index (χ1n) is 11.4. The van der Waals surface area contributed by atoms with E-state index in [0.29, 0.717) is 11.5 Å². The average Bonchev–Trinajstić information content (AvgIpc) is 3.16. The second-order valence-electron chi connectivity index (χ2n) is 8.93. The van der Waals surface area contributed by atoms with E-state index in [2.05, 4.69) is 101 Å². The van der Waals surface area contributed by atoms with Gasteiger partial charge in [0.05, 0.1) is 0 Å². The maximum Gasteiger partial charge on any atom is 0.115 e. The van der Waals surface area contributed by atoms with Crippen LogP contribution in [0.4, 0.5) is 0 Å². The normalized spacial score (nSPS) is 14.5. The Kier molecular flexibility index (Phi) is 16.6. The van der Waals surface area contributed by atoms with Crippen molar-refractivity contribution in [1.82, 2.24) is 0 Å². The molecule has 0 aromatic heterocycles. The number of phenolic OH excluding ortho intramolecular Hbond substituents is 2. The third kappa shape index (κ3) is 12.4. The first-order chi connectivity index (χ1) is 15.8. The summed E-state index contributed by atoms with van der Waals surface area (Å²) in [7, 11) is 0. The molecular weight excluding hydrogens is 737 g/mol. The Bertz CT molecular complexity index is 915. The summed E-state index contributed by atoms with van der Waals surface area (Å²) < 4.78 is 2.28. The van der Waals surface area contributed by atoms with E-state index in [4.69, 9.17) is 10.2 Å². The minimum atomic E-state index is 0. The van der Waals surface area contributed by atoms with Crippen molar-refractivity contribution in [3.05, 3.63) is 100 Å². The van der Waals surface area contributed by atoms with Crippen LogP contribution in [0.3, 0.4) is 0 Å². The first-order valence-corrected chi connectivity index (χ1v) is 13.5. The molecule has 0 atom stereocenters. The van der Waals surface area contributed by atoms with Gasteiger partial charge in [-0.3, -0.25) is 0 Å². The smallest absolute Gasteiger partial charge is 0.115 e. The minimum Gasteiger partial charge on any atom is -0.508 e. The largest absolute Gasteiger partial charge is 0.508 e. The molecule has 0 bridgehead atoms. The van der Waals surface area contributed by atoms with Crippen molar-refractivity contribution >= 4 is 45.2 Å². The van der Waals surface area contributed by atoms with E-state index in [1.165, 1.54) is 35.1 Å². The van der Waals surface area contributed by atoms with Crippen LogP contribution in [-0.4, -0.2) is 10.2 Å². The van der Waals surface area contributed by atoms with E-state index in [-0.39, 0.29) is 26.2 Å². The van der Waals surface area contributed by atoms with Crippen molar-refractivity contribution in [2.24, 2.45) is 0 Å². The Labute approximate surface area is 259 Å². The van der Waals surface area contributed by atoms with Crippen LogP contribution in [0, 0.1) is 7.14 Å². The van der Waals surface area contributed by atoms with Crippen LogP contribution in [0.15, 0.2) is 93.1 Å². The molecule has 2 aromatic carbocycles. The molecule has 5 heteroatoms. The second kappa shape index (κ2) is 17.0. The van der Waals surface area contributed by atoms with Crippen LogP contribution in [0.5, 0.6) is 11.5 Å². The fourth-order valence-electron chi connectivity index (χ4n) is 3.49. The molecule has 2 aliphatic rings. The third-order valence-electron chi connectivity index (χ3n) is 6.40. The number of allylic oxidation sites excluding steroid dienone is 8. The maximum absolute atomic E-state index is 8.75. The predicted octanol–water partition coefficient (Wildman–Crippen LogP) is 10.1. The van der Waals surface area contributed by atoms with Gasteiger partial charge in [-0.25, -0.2) is 0 Å². The van der Waals surface area contributed by atoms with Crippen molar-refractivity contribution < 1.29 is 36.4 Å². The summed E-state index contributed by atoms with van der Waals surface area (Å²) >= 11 is 4.37. The topological polar surface area (TPSA) is 40.5 Å². The van der Waals surface area contributed by atoms with E-state index < -0.39 is 0 Å². The van der Waals surface area contributed by atoms with Crippen LogP contribution in [0.1, 0.15) is 68.2 Å². The molecule has 0 radical (unpaired) electrons. The number of halogens is 2. The number of phenols is 2. The van der Waals surface area contributed by atoms with Crippen molar-refractivity contribution in [1.29, 1.82) is 0 Å². The van der Waals surface area contributed by atoms with Crippen LogP contribution in [0.25, 0.3) is 0 Å². The summed E-state index contributed by atoms with van der Waals surface area (Å²) in [5.74, 6) is 0.649. The Hall–Kier alpha value is -0.657. The molecule has 35 heavy (non-hydrogen) atoms. The number of aromatic hydroxyl groups is 2. The fraction of sp³-hybridized carbons (Fsp3) is 0.333. The number of hydrogen-bond acceptors (Lipinski definition) is 2. The zero-order valence-electron chi connectivity index (χ0n) is 22.2. The Balaban J connectivity index is 0.000000437. The van der Waals surface area contributed by atoms with Gasteiger partial charge in [0.1, 0.15) is 11.5 Å². The van der Waals surface area contributed by atoms with Gasteiger partial charge in [0.2, 0.25) is 0 Å². The standard InChI is InChI=1S/2C9H14.2C6H5IO.Zr/c2*1-6-5-7(2)9(4)8(6)3;2*7-5-1-3-6(8)4-2-5;/h2*5H2,1-4H3;2*1-4,8H;. The molecule has 4 rings (SSSR count). The van der Waals surface area contributed by atoms with Crippen LogP contribution in [0.2, 0.25) is 0 Å². The number of hydrogen-bond donors (Lipinski definition) is 2. The summed E-state index contributed by atoms with van der Waals surface area (Å²) in [5.41, 5.74) is 12.2. The fourth-order valence-corrected chi connectivity index (χ4v) is 4.21. The molecule has 2 aliphatic carbocycles. The SMILES string of the molecule is CC1=C(C)C(C)=C(C)C1.CC1=C(C)C(C)=C(C)C1.Oc1ccc(I)cc1.Oc1ccc(I)cc1.[Zr]. The Morgan fingerprint density at radius 3 is 0.771 bits per heavy atom. The van der Waals surface area contributed by atoms with Gasteiger partial charge in [-0.1, -0.05) is 22.3 Å². The number of benzene rings is 2. The van der Waals surface area contributed by atoms with Gasteiger partial charge in [-0.15, -0.1) is 0 Å². The summed E-state index contributed by atoms with van der Waals surface area (Å²) in [6.07, 6.45) is 2.41. The molecule has 0 spiro atoms. The number of rotatable bonds is 0. The van der Waals surface area contributed by atoms with E-state index >= 15 is 0 Å². The summed E-state index contributed by atoms with van der Waals surface area (Å²) in [6.45, 7) is 17.7. The molecule has 0 saturated heterocycles. The van der Waals surface area contributed by atoms with Crippen molar-refractivity contribution in [2.75, 3.05) is 0 Å². The molecule has 0 fully saturated rings. The van der Waals surface area contributed by atoms with Gasteiger partial charge < -0.3 is 10.2 Å². The monoisotopic (exact) mass is 774 g/mol.